The fourth-order valence-electron chi connectivity index (χ4n) is 4.41. The molecule has 0 saturated carbocycles. The molecule has 1 aliphatic rings. The van der Waals surface area contributed by atoms with Crippen LogP contribution in [0.25, 0.3) is 11.1 Å². The number of rotatable bonds is 6. The Morgan fingerprint density at radius 3 is 1.97 bits per heavy atom. The number of fused-ring (bicyclic) bond motifs is 1. The van der Waals surface area contributed by atoms with E-state index in [0.29, 0.717) is 17.8 Å². The molecule has 198 valence electrons. The van der Waals surface area contributed by atoms with Gasteiger partial charge in [-0.25, -0.2) is 9.59 Å². The molecule has 0 bridgehead atoms. The first-order valence-corrected chi connectivity index (χ1v) is 11.9. The predicted molar refractivity (Wildman–Crippen MR) is 136 cm³/mol. The lowest BCUT2D eigenvalue weighted by Crippen LogP contribution is -2.45. The Hall–Kier alpha value is -4.34. The lowest BCUT2D eigenvalue weighted by molar-refractivity contribution is -0.147. The van der Waals surface area contributed by atoms with Gasteiger partial charge in [-0.15, -0.1) is 0 Å². The smallest absolute Gasteiger partial charge is 0.416 e. The summed E-state index contributed by atoms with van der Waals surface area (Å²) in [5.41, 5.74) is 2.96. The number of nitrogens with one attached hydrogen (secondary N) is 2. The van der Waals surface area contributed by atoms with E-state index in [1.165, 1.54) is 24.1 Å². The molecule has 3 aromatic carbocycles. The fourth-order valence-corrected chi connectivity index (χ4v) is 4.41. The van der Waals surface area contributed by atoms with Crippen molar-refractivity contribution >= 4 is 29.3 Å². The van der Waals surface area contributed by atoms with E-state index in [9.17, 15) is 27.6 Å². The zero-order chi connectivity index (χ0) is 27.6. The predicted octanol–water partition coefficient (Wildman–Crippen LogP) is 6.17. The van der Waals surface area contributed by atoms with E-state index in [1.807, 2.05) is 26.0 Å². The number of nitrogens with zero attached hydrogens (tertiary/aromatic N) is 1. The quantitative estimate of drug-likeness (QED) is 0.377. The second-order valence-corrected chi connectivity index (χ2v) is 9.25. The van der Waals surface area contributed by atoms with Crippen molar-refractivity contribution in [3.8, 4) is 11.1 Å². The van der Waals surface area contributed by atoms with Crippen LogP contribution in [0.1, 0.15) is 35.3 Å². The SMILES string of the molecule is COC(=O)C(C(C)C)N1Cc2cc(-c3ccc(NC(=O)Nc4ccc(C(F)(F)F)cc4)cc3)ccc2C1=O. The second-order valence-electron chi connectivity index (χ2n) is 9.25. The van der Waals surface area contributed by atoms with E-state index in [1.54, 1.807) is 30.3 Å². The van der Waals surface area contributed by atoms with Gasteiger partial charge in [-0.1, -0.05) is 32.0 Å². The molecule has 1 atom stereocenters. The highest BCUT2D eigenvalue weighted by molar-refractivity contribution is 6.01. The first-order valence-electron chi connectivity index (χ1n) is 11.9. The molecule has 7 nitrogen and oxygen atoms in total. The Morgan fingerprint density at radius 2 is 1.45 bits per heavy atom. The van der Waals surface area contributed by atoms with Gasteiger partial charge in [-0.2, -0.15) is 13.2 Å². The molecular weight excluding hydrogens is 499 g/mol. The minimum Gasteiger partial charge on any atom is -0.467 e. The minimum atomic E-state index is -4.45. The molecule has 1 aliphatic heterocycles. The van der Waals surface area contributed by atoms with Gasteiger partial charge in [0.2, 0.25) is 0 Å². The molecule has 1 heterocycles. The summed E-state index contributed by atoms with van der Waals surface area (Å²) in [5, 5.41) is 5.13. The largest absolute Gasteiger partial charge is 0.467 e. The van der Waals surface area contributed by atoms with Crippen LogP contribution in [-0.2, 0) is 22.3 Å². The highest BCUT2D eigenvalue weighted by Crippen LogP contribution is 2.32. The van der Waals surface area contributed by atoms with Crippen molar-refractivity contribution < 1.29 is 32.3 Å². The van der Waals surface area contributed by atoms with Gasteiger partial charge in [-0.3, -0.25) is 4.79 Å². The van der Waals surface area contributed by atoms with Gasteiger partial charge in [0.05, 0.1) is 12.7 Å². The van der Waals surface area contributed by atoms with E-state index >= 15 is 0 Å². The van der Waals surface area contributed by atoms with Crippen LogP contribution in [-0.4, -0.2) is 36.0 Å². The van der Waals surface area contributed by atoms with Gasteiger partial charge >= 0.3 is 18.2 Å². The Balaban J connectivity index is 1.42. The Morgan fingerprint density at radius 1 is 0.895 bits per heavy atom. The molecule has 0 saturated heterocycles. The molecule has 3 aromatic rings. The third-order valence-electron chi connectivity index (χ3n) is 6.29. The molecule has 0 spiro atoms. The summed E-state index contributed by atoms with van der Waals surface area (Å²) in [6.07, 6.45) is -4.45. The Kier molecular flexibility index (Phi) is 7.43. The van der Waals surface area contributed by atoms with Gasteiger partial charge in [0, 0.05) is 23.5 Å². The van der Waals surface area contributed by atoms with E-state index in [2.05, 4.69) is 10.6 Å². The third-order valence-corrected chi connectivity index (χ3v) is 6.29. The molecule has 38 heavy (non-hydrogen) atoms. The number of carbonyl (C=O) groups is 3. The van der Waals surface area contributed by atoms with Crippen LogP contribution in [0.5, 0.6) is 0 Å². The number of urea groups is 1. The van der Waals surface area contributed by atoms with Crippen molar-refractivity contribution in [1.82, 2.24) is 4.90 Å². The van der Waals surface area contributed by atoms with E-state index < -0.39 is 29.8 Å². The second kappa shape index (κ2) is 10.6. The average molecular weight is 526 g/mol. The standard InChI is InChI=1S/C28H26F3N3O4/c1-16(2)24(26(36)38-3)34-15-19-14-18(6-13-23(19)25(34)35)17-4-9-21(10-5-17)32-27(37)33-22-11-7-20(8-12-22)28(29,30)31/h4-14,16,24H,15H2,1-3H3,(H2,32,33,37). The minimum absolute atomic E-state index is 0.114. The molecule has 0 aliphatic carbocycles. The highest BCUT2D eigenvalue weighted by atomic mass is 19.4. The first kappa shape index (κ1) is 26.7. The van der Waals surface area contributed by atoms with Crippen LogP contribution in [0.3, 0.4) is 0 Å². The summed E-state index contributed by atoms with van der Waals surface area (Å²) in [6.45, 7) is 4.02. The van der Waals surface area contributed by atoms with E-state index in [0.717, 1.165) is 28.8 Å². The molecule has 1 unspecified atom stereocenters. The molecule has 3 amide bonds. The normalized spacial score (nSPS) is 13.8. The van der Waals surface area contributed by atoms with Gasteiger partial charge in [-0.05, 0) is 71.1 Å². The number of halogens is 3. The van der Waals surface area contributed by atoms with Crippen molar-refractivity contribution in [2.75, 3.05) is 17.7 Å². The summed E-state index contributed by atoms with van der Waals surface area (Å²) >= 11 is 0. The number of esters is 1. The third kappa shape index (κ3) is 5.64. The highest BCUT2D eigenvalue weighted by Gasteiger charge is 2.38. The van der Waals surface area contributed by atoms with Gasteiger partial charge in [0.15, 0.2) is 0 Å². The summed E-state index contributed by atoms with van der Waals surface area (Å²) < 4.78 is 43.0. The maximum Gasteiger partial charge on any atom is 0.416 e. The molecular formula is C28H26F3N3O4. The molecule has 0 radical (unpaired) electrons. The van der Waals surface area contributed by atoms with Crippen LogP contribution in [0, 0.1) is 5.92 Å². The molecule has 10 heteroatoms. The van der Waals surface area contributed by atoms with Crippen LogP contribution in [0.4, 0.5) is 29.3 Å². The number of amides is 3. The molecule has 0 aromatic heterocycles. The fraction of sp³-hybridized carbons (Fsp3) is 0.250. The number of hydrogen-bond donors (Lipinski definition) is 2. The number of alkyl halides is 3. The van der Waals surface area contributed by atoms with Gasteiger partial charge in [0.25, 0.3) is 5.91 Å². The van der Waals surface area contributed by atoms with E-state index in [-0.39, 0.29) is 17.5 Å². The first-order chi connectivity index (χ1) is 18.0. The van der Waals surface area contributed by atoms with Gasteiger partial charge in [0.1, 0.15) is 6.04 Å². The topological polar surface area (TPSA) is 87.7 Å². The summed E-state index contributed by atoms with van der Waals surface area (Å²) in [5.74, 6) is -0.780. The summed E-state index contributed by atoms with van der Waals surface area (Å²) in [6, 6.07) is 15.3. The lowest BCUT2D eigenvalue weighted by atomic mass is 10.0. The van der Waals surface area contributed by atoms with Crippen molar-refractivity contribution in [2.45, 2.75) is 32.6 Å². The maximum atomic E-state index is 13.0. The van der Waals surface area contributed by atoms with Crippen LogP contribution >= 0.6 is 0 Å². The van der Waals surface area contributed by atoms with Crippen LogP contribution < -0.4 is 10.6 Å². The maximum absolute atomic E-state index is 13.0. The number of hydrogen-bond acceptors (Lipinski definition) is 4. The number of ether oxygens (including phenoxy) is 1. The zero-order valence-corrected chi connectivity index (χ0v) is 20.9. The average Bonchev–Trinajstić information content (AvgIpc) is 3.19. The Bertz CT molecular complexity index is 1350. The molecule has 2 N–H and O–H groups in total. The van der Waals surface area contributed by atoms with Crippen molar-refractivity contribution in [2.24, 2.45) is 5.92 Å². The van der Waals surface area contributed by atoms with Crippen molar-refractivity contribution in [1.29, 1.82) is 0 Å². The number of benzene rings is 3. The van der Waals surface area contributed by atoms with E-state index in [4.69, 9.17) is 4.74 Å². The number of anilines is 2. The van der Waals surface area contributed by atoms with Crippen molar-refractivity contribution in [3.05, 3.63) is 83.4 Å². The van der Waals surface area contributed by atoms with Gasteiger partial charge < -0.3 is 20.3 Å². The molecule has 0 fully saturated rings. The van der Waals surface area contributed by atoms with Crippen molar-refractivity contribution in [3.63, 3.8) is 0 Å². The van der Waals surface area contributed by atoms with Crippen LogP contribution in [0.2, 0.25) is 0 Å². The lowest BCUT2D eigenvalue weighted by Gasteiger charge is -2.28. The monoisotopic (exact) mass is 525 g/mol. The number of methoxy groups -OCH3 is 1. The molecule has 4 rings (SSSR count). The number of carbonyl (C=O) groups excluding carboxylic acids is 3. The Labute approximate surface area is 217 Å². The van der Waals surface area contributed by atoms with Crippen LogP contribution in [0.15, 0.2) is 66.7 Å². The zero-order valence-electron chi connectivity index (χ0n) is 20.9. The summed E-state index contributed by atoms with van der Waals surface area (Å²) in [4.78, 5) is 39.1. The summed E-state index contributed by atoms with van der Waals surface area (Å²) in [7, 11) is 1.31.